The number of cyclic esters (lactones) is 1. The van der Waals surface area contributed by atoms with Gasteiger partial charge in [0.05, 0.1) is 31.0 Å². The van der Waals surface area contributed by atoms with Gasteiger partial charge in [0.2, 0.25) is 0 Å². The quantitative estimate of drug-likeness (QED) is 0.582. The van der Waals surface area contributed by atoms with Gasteiger partial charge in [-0.25, -0.2) is 14.2 Å². The standard InChI is InChI=1S/C20H21FN6O6.C2H6/c1-13(28)31-11-19(29)27-6-5-25(12-23-27)17-3-2-14(8-16(17)21)26-10-15(33-20(26)30)9-22-18-4-7-32-24-18;1-2/h2-4,7-8,12,15H,5-6,9-11H2,1H3,(H,22,24);1-2H3. The van der Waals surface area contributed by atoms with E-state index in [2.05, 4.69) is 20.3 Å². The summed E-state index contributed by atoms with van der Waals surface area (Å²) in [5.74, 6) is -1.07. The summed E-state index contributed by atoms with van der Waals surface area (Å²) < 4.78 is 29.6. The largest absolute Gasteiger partial charge is 0.456 e. The Hall–Kier alpha value is -4.16. The maximum Gasteiger partial charge on any atom is 0.414 e. The lowest BCUT2D eigenvalue weighted by molar-refractivity contribution is -0.150. The van der Waals surface area contributed by atoms with Crippen LogP contribution in [0.5, 0.6) is 0 Å². The van der Waals surface area contributed by atoms with Gasteiger partial charge in [0.15, 0.2) is 12.4 Å². The zero-order valence-electron chi connectivity index (χ0n) is 19.6. The smallest absolute Gasteiger partial charge is 0.414 e. The second kappa shape index (κ2) is 11.8. The molecule has 0 radical (unpaired) electrons. The third kappa shape index (κ3) is 6.46. The minimum Gasteiger partial charge on any atom is -0.456 e. The van der Waals surface area contributed by atoms with Crippen LogP contribution in [0.1, 0.15) is 20.8 Å². The van der Waals surface area contributed by atoms with Gasteiger partial charge in [-0.1, -0.05) is 19.0 Å². The van der Waals surface area contributed by atoms with E-state index in [0.29, 0.717) is 18.1 Å². The van der Waals surface area contributed by atoms with Crippen molar-refractivity contribution in [3.8, 4) is 0 Å². The van der Waals surface area contributed by atoms with Gasteiger partial charge in [0, 0.05) is 19.5 Å². The number of nitrogens with one attached hydrogen (secondary N) is 1. The number of carbonyl (C=O) groups excluding carboxylic acids is 3. The summed E-state index contributed by atoms with van der Waals surface area (Å²) in [4.78, 5) is 37.9. The Morgan fingerprint density at radius 2 is 2.06 bits per heavy atom. The van der Waals surface area contributed by atoms with Crippen molar-refractivity contribution in [2.75, 3.05) is 47.9 Å². The van der Waals surface area contributed by atoms with Gasteiger partial charge in [0.1, 0.15) is 24.5 Å². The van der Waals surface area contributed by atoms with Crippen molar-refractivity contribution in [1.82, 2.24) is 10.2 Å². The number of hydrazone groups is 1. The number of esters is 1. The molecule has 35 heavy (non-hydrogen) atoms. The number of halogens is 1. The van der Waals surface area contributed by atoms with E-state index in [0.717, 1.165) is 5.01 Å². The van der Waals surface area contributed by atoms with Gasteiger partial charge in [-0.3, -0.25) is 14.5 Å². The highest BCUT2D eigenvalue weighted by Gasteiger charge is 2.33. The Labute approximate surface area is 201 Å². The lowest BCUT2D eigenvalue weighted by atomic mass is 10.2. The highest BCUT2D eigenvalue weighted by Crippen LogP contribution is 2.28. The summed E-state index contributed by atoms with van der Waals surface area (Å²) in [5.41, 5.74) is 0.601. The van der Waals surface area contributed by atoms with Crippen LogP contribution >= 0.6 is 0 Å². The second-order valence-corrected chi connectivity index (χ2v) is 7.24. The molecule has 0 bridgehead atoms. The van der Waals surface area contributed by atoms with Crippen molar-refractivity contribution in [2.24, 2.45) is 5.10 Å². The maximum atomic E-state index is 14.9. The van der Waals surface area contributed by atoms with Crippen LogP contribution in [0.3, 0.4) is 0 Å². The maximum absolute atomic E-state index is 14.9. The Balaban J connectivity index is 0.00000167. The second-order valence-electron chi connectivity index (χ2n) is 7.24. The molecule has 1 N–H and O–H groups in total. The molecule has 2 aliphatic rings. The predicted molar refractivity (Wildman–Crippen MR) is 125 cm³/mol. The fourth-order valence-electron chi connectivity index (χ4n) is 3.31. The number of benzene rings is 1. The highest BCUT2D eigenvalue weighted by molar-refractivity contribution is 5.91. The van der Waals surface area contributed by atoms with Crippen LogP contribution < -0.4 is 15.1 Å². The first kappa shape index (κ1) is 25.5. The van der Waals surface area contributed by atoms with Crippen LogP contribution in [0.25, 0.3) is 0 Å². The zero-order chi connectivity index (χ0) is 25.4. The first-order valence-electron chi connectivity index (χ1n) is 11.1. The predicted octanol–water partition coefficient (Wildman–Crippen LogP) is 2.43. The summed E-state index contributed by atoms with van der Waals surface area (Å²) in [6.45, 7) is 5.85. The van der Waals surface area contributed by atoms with Gasteiger partial charge < -0.3 is 24.2 Å². The van der Waals surface area contributed by atoms with Crippen molar-refractivity contribution >= 4 is 41.5 Å². The minimum absolute atomic E-state index is 0.191. The summed E-state index contributed by atoms with van der Waals surface area (Å²) in [5, 5.41) is 11.9. The van der Waals surface area contributed by atoms with Crippen molar-refractivity contribution in [3.05, 3.63) is 36.3 Å². The molecule has 1 aromatic heterocycles. The lowest BCUT2D eigenvalue weighted by Gasteiger charge is -2.29. The Bertz CT molecular complexity index is 1060. The molecule has 1 aromatic carbocycles. The molecule has 1 saturated heterocycles. The van der Waals surface area contributed by atoms with E-state index < -0.39 is 36.5 Å². The van der Waals surface area contributed by atoms with E-state index in [1.807, 2.05) is 13.8 Å². The molecule has 2 aromatic rings. The molecule has 12 nitrogen and oxygen atoms in total. The number of carbonyl (C=O) groups is 3. The van der Waals surface area contributed by atoms with E-state index >= 15 is 0 Å². The van der Waals surface area contributed by atoms with Gasteiger partial charge >= 0.3 is 12.1 Å². The van der Waals surface area contributed by atoms with E-state index in [1.165, 1.54) is 36.6 Å². The molecule has 188 valence electrons. The van der Waals surface area contributed by atoms with E-state index in [-0.39, 0.29) is 25.3 Å². The molecule has 1 fully saturated rings. The molecule has 0 aliphatic carbocycles. The van der Waals surface area contributed by atoms with Gasteiger partial charge in [0.25, 0.3) is 5.91 Å². The number of aromatic nitrogens is 1. The van der Waals surface area contributed by atoms with Crippen molar-refractivity contribution in [2.45, 2.75) is 26.9 Å². The van der Waals surface area contributed by atoms with Gasteiger partial charge in [-0.05, 0) is 18.2 Å². The van der Waals surface area contributed by atoms with Crippen LogP contribution in [0.4, 0.5) is 26.4 Å². The number of amides is 2. The molecular formula is C22H27FN6O6. The third-order valence-corrected chi connectivity index (χ3v) is 4.95. The molecule has 1 unspecified atom stereocenters. The molecule has 2 aliphatic heterocycles. The Morgan fingerprint density at radius 1 is 1.26 bits per heavy atom. The first-order chi connectivity index (χ1) is 16.9. The summed E-state index contributed by atoms with van der Waals surface area (Å²) in [7, 11) is 0. The molecule has 0 saturated carbocycles. The number of anilines is 3. The number of rotatable bonds is 7. The molecule has 3 heterocycles. The highest BCUT2D eigenvalue weighted by atomic mass is 19.1. The fraction of sp³-hybridized carbons (Fsp3) is 0.409. The summed E-state index contributed by atoms with van der Waals surface area (Å²) in [6.07, 6.45) is 1.73. The zero-order valence-corrected chi connectivity index (χ0v) is 19.6. The summed E-state index contributed by atoms with van der Waals surface area (Å²) in [6, 6.07) is 6.03. The van der Waals surface area contributed by atoms with Crippen LogP contribution in [0, 0.1) is 5.82 Å². The summed E-state index contributed by atoms with van der Waals surface area (Å²) >= 11 is 0. The Kier molecular flexibility index (Phi) is 8.59. The number of nitrogens with zero attached hydrogens (tertiary/aromatic N) is 5. The molecular weight excluding hydrogens is 463 g/mol. The van der Waals surface area contributed by atoms with E-state index in [9.17, 15) is 18.8 Å². The van der Waals surface area contributed by atoms with Crippen LogP contribution in [0.2, 0.25) is 0 Å². The topological polar surface area (TPSA) is 130 Å². The number of hydrogen-bond acceptors (Lipinski definition) is 10. The molecule has 13 heteroatoms. The average molecular weight is 490 g/mol. The van der Waals surface area contributed by atoms with Crippen molar-refractivity contribution in [1.29, 1.82) is 0 Å². The molecule has 2 amide bonds. The number of hydrogen-bond donors (Lipinski definition) is 1. The van der Waals surface area contributed by atoms with Gasteiger partial charge in [-0.15, -0.1) is 0 Å². The van der Waals surface area contributed by atoms with Crippen molar-refractivity contribution < 1.29 is 32.8 Å². The van der Waals surface area contributed by atoms with Crippen molar-refractivity contribution in [3.63, 3.8) is 0 Å². The van der Waals surface area contributed by atoms with E-state index in [1.54, 1.807) is 17.0 Å². The average Bonchev–Trinajstić information content (AvgIpc) is 3.52. The SMILES string of the molecule is CC.CC(=O)OCC(=O)N1CCN(c2ccc(N3CC(CNc4ccon4)OC3=O)cc2F)C=N1. The Morgan fingerprint density at radius 3 is 2.69 bits per heavy atom. The van der Waals surface area contributed by atoms with Gasteiger partial charge in [-0.2, -0.15) is 5.10 Å². The molecule has 0 spiro atoms. The van der Waals surface area contributed by atoms with Crippen LogP contribution in [-0.2, 0) is 19.1 Å². The monoisotopic (exact) mass is 490 g/mol. The fourth-order valence-corrected chi connectivity index (χ4v) is 3.31. The number of ether oxygens (including phenoxy) is 2. The normalized spacial score (nSPS) is 17.0. The lowest BCUT2D eigenvalue weighted by Crippen LogP contribution is -2.42. The van der Waals surface area contributed by atoms with Crippen LogP contribution in [0.15, 0.2) is 40.2 Å². The minimum atomic E-state index is -0.574. The molecule has 1 atom stereocenters. The van der Waals surface area contributed by atoms with Crippen LogP contribution in [-0.4, -0.2) is 73.4 Å². The third-order valence-electron chi connectivity index (χ3n) is 4.95. The molecule has 4 rings (SSSR count). The van der Waals surface area contributed by atoms with E-state index in [4.69, 9.17) is 9.26 Å². The first-order valence-corrected chi connectivity index (χ1v) is 11.1.